The van der Waals surface area contributed by atoms with Gasteiger partial charge >= 0.3 is 6.03 Å². The Hall–Kier alpha value is -1.59. The normalized spacial score (nSPS) is 24.3. The van der Waals surface area contributed by atoms with Gasteiger partial charge in [-0.15, -0.1) is 0 Å². The maximum absolute atomic E-state index is 12.3. The maximum atomic E-state index is 12.3. The average molecular weight is 277 g/mol. The van der Waals surface area contributed by atoms with Crippen molar-refractivity contribution in [3.05, 3.63) is 29.8 Å². The SMILES string of the molecule is CC1CN(C(=O)Nc2ccc(C(C)N)cc2)C(C)CO1. The summed E-state index contributed by atoms with van der Waals surface area (Å²) < 4.78 is 5.53. The summed E-state index contributed by atoms with van der Waals surface area (Å²) in [5.41, 5.74) is 7.64. The first-order valence-corrected chi connectivity index (χ1v) is 7.02. The van der Waals surface area contributed by atoms with E-state index >= 15 is 0 Å². The van der Waals surface area contributed by atoms with Crippen LogP contribution in [0.4, 0.5) is 10.5 Å². The Morgan fingerprint density at radius 3 is 2.65 bits per heavy atom. The minimum Gasteiger partial charge on any atom is -0.375 e. The molecule has 3 unspecified atom stereocenters. The molecule has 1 aliphatic heterocycles. The molecule has 0 bridgehead atoms. The highest BCUT2D eigenvalue weighted by Crippen LogP contribution is 2.17. The molecule has 20 heavy (non-hydrogen) atoms. The van der Waals surface area contributed by atoms with Crippen LogP contribution in [0.25, 0.3) is 0 Å². The second-order valence-electron chi connectivity index (χ2n) is 5.49. The van der Waals surface area contributed by atoms with E-state index in [4.69, 9.17) is 10.5 Å². The smallest absolute Gasteiger partial charge is 0.322 e. The Morgan fingerprint density at radius 2 is 2.05 bits per heavy atom. The molecule has 1 fully saturated rings. The van der Waals surface area contributed by atoms with Crippen molar-refractivity contribution in [2.45, 2.75) is 39.0 Å². The number of rotatable bonds is 2. The van der Waals surface area contributed by atoms with Crippen LogP contribution in [0.15, 0.2) is 24.3 Å². The van der Waals surface area contributed by atoms with Crippen molar-refractivity contribution in [1.82, 2.24) is 4.90 Å². The zero-order valence-electron chi connectivity index (χ0n) is 12.3. The number of amides is 2. The van der Waals surface area contributed by atoms with Gasteiger partial charge in [-0.05, 0) is 38.5 Å². The quantitative estimate of drug-likeness (QED) is 0.872. The minimum atomic E-state index is -0.0822. The number of nitrogens with one attached hydrogen (secondary N) is 1. The van der Waals surface area contributed by atoms with Gasteiger partial charge in [0.15, 0.2) is 0 Å². The van der Waals surface area contributed by atoms with Crippen LogP contribution in [-0.2, 0) is 4.74 Å². The van der Waals surface area contributed by atoms with Crippen LogP contribution in [0, 0.1) is 0 Å². The molecular weight excluding hydrogens is 254 g/mol. The lowest BCUT2D eigenvalue weighted by atomic mass is 10.1. The first-order chi connectivity index (χ1) is 9.47. The summed E-state index contributed by atoms with van der Waals surface area (Å²) in [6, 6.07) is 7.64. The number of ether oxygens (including phenoxy) is 1. The predicted molar refractivity (Wildman–Crippen MR) is 79.6 cm³/mol. The Balaban J connectivity index is 2.00. The number of hydrogen-bond acceptors (Lipinski definition) is 3. The van der Waals surface area contributed by atoms with Crippen LogP contribution in [0.5, 0.6) is 0 Å². The molecular formula is C15H23N3O2. The van der Waals surface area contributed by atoms with Crippen molar-refractivity contribution >= 4 is 11.7 Å². The van der Waals surface area contributed by atoms with E-state index in [0.717, 1.165) is 11.3 Å². The monoisotopic (exact) mass is 277 g/mol. The molecule has 5 heteroatoms. The number of carbonyl (C=O) groups excluding carboxylic acids is 1. The van der Waals surface area contributed by atoms with Crippen molar-refractivity contribution in [2.75, 3.05) is 18.5 Å². The topological polar surface area (TPSA) is 67.6 Å². The summed E-state index contributed by atoms with van der Waals surface area (Å²) in [6.07, 6.45) is 0.0809. The summed E-state index contributed by atoms with van der Waals surface area (Å²) in [7, 11) is 0. The lowest BCUT2D eigenvalue weighted by Gasteiger charge is -2.36. The molecule has 0 aliphatic carbocycles. The fraction of sp³-hybridized carbons (Fsp3) is 0.533. The van der Waals surface area contributed by atoms with E-state index in [9.17, 15) is 4.79 Å². The molecule has 2 rings (SSSR count). The molecule has 0 radical (unpaired) electrons. The van der Waals surface area contributed by atoms with E-state index in [1.807, 2.05) is 49.9 Å². The standard InChI is InChI=1S/C15H23N3O2/c1-10-9-20-11(2)8-18(10)15(19)17-14-6-4-13(5-7-14)12(3)16/h4-7,10-12H,8-9,16H2,1-3H3,(H,17,19). The first-order valence-electron chi connectivity index (χ1n) is 7.02. The fourth-order valence-corrected chi connectivity index (χ4v) is 2.25. The van der Waals surface area contributed by atoms with E-state index in [1.54, 1.807) is 0 Å². The van der Waals surface area contributed by atoms with E-state index < -0.39 is 0 Å². The van der Waals surface area contributed by atoms with Crippen LogP contribution in [0.3, 0.4) is 0 Å². The number of hydrogen-bond donors (Lipinski definition) is 2. The van der Waals surface area contributed by atoms with E-state index in [-0.39, 0.29) is 24.2 Å². The molecule has 110 valence electrons. The molecule has 1 aromatic carbocycles. The Bertz CT molecular complexity index is 459. The number of morpholine rings is 1. The summed E-state index contributed by atoms with van der Waals surface area (Å²) in [4.78, 5) is 14.1. The Labute approximate surface area is 120 Å². The molecule has 2 amide bonds. The van der Waals surface area contributed by atoms with E-state index in [0.29, 0.717) is 13.2 Å². The van der Waals surface area contributed by atoms with Crippen molar-refractivity contribution in [3.8, 4) is 0 Å². The Morgan fingerprint density at radius 1 is 1.40 bits per heavy atom. The van der Waals surface area contributed by atoms with Gasteiger partial charge in [-0.2, -0.15) is 0 Å². The van der Waals surface area contributed by atoms with Gasteiger partial charge in [-0.3, -0.25) is 0 Å². The third-order valence-electron chi connectivity index (χ3n) is 3.56. The highest BCUT2D eigenvalue weighted by atomic mass is 16.5. The van der Waals surface area contributed by atoms with Gasteiger partial charge < -0.3 is 20.7 Å². The van der Waals surface area contributed by atoms with Crippen molar-refractivity contribution in [2.24, 2.45) is 5.73 Å². The molecule has 1 heterocycles. The van der Waals surface area contributed by atoms with Crippen LogP contribution >= 0.6 is 0 Å². The number of nitrogens with zero attached hydrogens (tertiary/aromatic N) is 1. The zero-order valence-corrected chi connectivity index (χ0v) is 12.3. The number of urea groups is 1. The highest BCUT2D eigenvalue weighted by Gasteiger charge is 2.27. The number of carbonyl (C=O) groups is 1. The number of benzene rings is 1. The van der Waals surface area contributed by atoms with Gasteiger partial charge in [-0.25, -0.2) is 4.79 Å². The third kappa shape index (κ3) is 3.49. The molecule has 5 nitrogen and oxygen atoms in total. The maximum Gasteiger partial charge on any atom is 0.322 e. The molecule has 3 N–H and O–H groups in total. The molecule has 1 aliphatic rings. The second kappa shape index (κ2) is 6.24. The van der Waals surface area contributed by atoms with Gasteiger partial charge in [0.2, 0.25) is 0 Å². The molecule has 1 saturated heterocycles. The molecule has 0 spiro atoms. The van der Waals surface area contributed by atoms with E-state index in [1.165, 1.54) is 0 Å². The highest BCUT2D eigenvalue weighted by molar-refractivity contribution is 5.89. The average Bonchev–Trinajstić information content (AvgIpc) is 2.42. The van der Waals surface area contributed by atoms with Gasteiger partial charge in [0.25, 0.3) is 0 Å². The van der Waals surface area contributed by atoms with Crippen LogP contribution in [0.1, 0.15) is 32.4 Å². The van der Waals surface area contributed by atoms with Gasteiger partial charge in [0.05, 0.1) is 18.8 Å². The zero-order chi connectivity index (χ0) is 14.7. The van der Waals surface area contributed by atoms with Crippen molar-refractivity contribution in [3.63, 3.8) is 0 Å². The van der Waals surface area contributed by atoms with E-state index in [2.05, 4.69) is 5.32 Å². The van der Waals surface area contributed by atoms with Crippen molar-refractivity contribution < 1.29 is 9.53 Å². The van der Waals surface area contributed by atoms with Crippen LogP contribution in [-0.4, -0.2) is 36.2 Å². The second-order valence-corrected chi connectivity index (χ2v) is 5.49. The first kappa shape index (κ1) is 14.8. The lowest BCUT2D eigenvalue weighted by Crippen LogP contribution is -2.51. The fourth-order valence-electron chi connectivity index (χ4n) is 2.25. The van der Waals surface area contributed by atoms with Crippen LogP contribution < -0.4 is 11.1 Å². The lowest BCUT2D eigenvalue weighted by molar-refractivity contribution is -0.0296. The summed E-state index contributed by atoms with van der Waals surface area (Å²) in [6.45, 7) is 7.10. The van der Waals surface area contributed by atoms with Gasteiger partial charge in [0, 0.05) is 18.3 Å². The molecule has 0 aromatic heterocycles. The third-order valence-corrected chi connectivity index (χ3v) is 3.56. The van der Waals surface area contributed by atoms with Gasteiger partial charge in [-0.1, -0.05) is 12.1 Å². The van der Waals surface area contributed by atoms with Crippen molar-refractivity contribution in [1.29, 1.82) is 0 Å². The molecule has 3 atom stereocenters. The van der Waals surface area contributed by atoms with Crippen LogP contribution in [0.2, 0.25) is 0 Å². The molecule has 0 saturated carbocycles. The summed E-state index contributed by atoms with van der Waals surface area (Å²) in [5, 5.41) is 2.92. The number of anilines is 1. The number of nitrogens with two attached hydrogens (primary N) is 1. The van der Waals surface area contributed by atoms with Gasteiger partial charge in [0.1, 0.15) is 0 Å². The minimum absolute atomic E-state index is 0.000124. The Kier molecular flexibility index (Phi) is 4.62. The predicted octanol–water partition coefficient (Wildman–Crippen LogP) is 2.35. The molecule has 1 aromatic rings. The summed E-state index contributed by atoms with van der Waals surface area (Å²) in [5.74, 6) is 0. The summed E-state index contributed by atoms with van der Waals surface area (Å²) >= 11 is 0. The largest absolute Gasteiger partial charge is 0.375 e.